The molecular formula is C49H41N3. The molecule has 7 aromatic carbocycles. The van der Waals surface area contributed by atoms with E-state index in [1.54, 1.807) is 0 Å². The summed E-state index contributed by atoms with van der Waals surface area (Å²) in [5, 5.41) is 14.7. The first kappa shape index (κ1) is 31.9. The fourth-order valence-corrected chi connectivity index (χ4v) is 8.30. The Labute approximate surface area is 305 Å². The van der Waals surface area contributed by atoms with E-state index in [1.807, 2.05) is 0 Å². The molecule has 1 aromatic heterocycles. The summed E-state index contributed by atoms with van der Waals surface area (Å²) >= 11 is 0. The van der Waals surface area contributed by atoms with Crippen LogP contribution in [0.5, 0.6) is 0 Å². The van der Waals surface area contributed by atoms with Crippen molar-refractivity contribution in [1.29, 1.82) is 0 Å². The van der Waals surface area contributed by atoms with E-state index in [0.717, 1.165) is 37.2 Å². The maximum absolute atomic E-state index is 4.85. The molecule has 0 radical (unpaired) electrons. The highest BCUT2D eigenvalue weighted by atomic mass is 15.1. The van der Waals surface area contributed by atoms with Crippen molar-refractivity contribution in [2.24, 2.45) is 0 Å². The summed E-state index contributed by atoms with van der Waals surface area (Å²) in [4.78, 5) is 0. The number of hydrogen-bond acceptors (Lipinski definition) is 2. The van der Waals surface area contributed by atoms with Gasteiger partial charge in [0.05, 0.1) is 0 Å². The summed E-state index contributed by atoms with van der Waals surface area (Å²) in [6, 6.07) is 53.4. The average molecular weight is 672 g/mol. The summed E-state index contributed by atoms with van der Waals surface area (Å²) in [5.74, 6) is 0. The maximum Gasteiger partial charge on any atom is 0.193 e. The van der Waals surface area contributed by atoms with Crippen LogP contribution >= 0.6 is 0 Å². The van der Waals surface area contributed by atoms with Crippen LogP contribution in [0.2, 0.25) is 0 Å². The van der Waals surface area contributed by atoms with Gasteiger partial charge in [-0.05, 0) is 66.6 Å². The van der Waals surface area contributed by atoms with Crippen molar-refractivity contribution < 1.29 is 4.58 Å². The van der Waals surface area contributed by atoms with E-state index in [0.29, 0.717) is 0 Å². The van der Waals surface area contributed by atoms with E-state index in [-0.39, 0.29) is 0 Å². The van der Waals surface area contributed by atoms with Crippen molar-refractivity contribution in [3.05, 3.63) is 179 Å². The predicted molar refractivity (Wildman–Crippen MR) is 217 cm³/mol. The number of benzene rings is 6. The predicted octanol–water partition coefficient (Wildman–Crippen LogP) is 11.8. The number of rotatable bonds is 7. The molecule has 0 amide bonds. The fraction of sp³-hybridized carbons (Fsp3) is 0.143. The molecule has 0 aliphatic carbocycles. The van der Waals surface area contributed by atoms with Crippen LogP contribution in [0.15, 0.2) is 146 Å². The molecule has 2 heterocycles. The molecule has 0 saturated carbocycles. The minimum atomic E-state index is 0.889. The van der Waals surface area contributed by atoms with Crippen molar-refractivity contribution in [3.63, 3.8) is 0 Å². The fourth-order valence-electron chi connectivity index (χ4n) is 8.30. The van der Waals surface area contributed by atoms with Crippen LogP contribution in [0.25, 0.3) is 54.9 Å². The van der Waals surface area contributed by atoms with Gasteiger partial charge in [-0.1, -0.05) is 172 Å². The lowest BCUT2D eigenvalue weighted by Gasteiger charge is -2.23. The van der Waals surface area contributed by atoms with Crippen molar-refractivity contribution in [2.75, 3.05) is 6.54 Å². The normalized spacial score (nSPS) is 12.8. The second-order valence-corrected chi connectivity index (χ2v) is 14.2. The molecule has 9 rings (SSSR count). The molecular weight excluding hydrogens is 631 g/mol. The van der Waals surface area contributed by atoms with Crippen LogP contribution < -0.4 is 0 Å². The van der Waals surface area contributed by atoms with Crippen LogP contribution in [-0.2, 0) is 12.8 Å². The average Bonchev–Trinajstić information content (AvgIpc) is 3.51. The number of hydrogen-bond donors (Lipinski definition) is 0. The standard InChI is InChI=1S/C49H41N3/c1-32-18-20-35(21-19-32)22-27-46-41-17-11-10-16-38(41)28-29-52(46)49-34(3)51-50-33(2)47(49)48-44-30-39(36-12-6-4-7-13-36)23-25-42(44)43-26-24-40(31-45(43)48)37-14-8-5-9-15-37/h4-21,23-26,30-31H,22,27-29H2,1-3H3. The molecule has 3 nitrogen and oxygen atoms in total. The summed E-state index contributed by atoms with van der Waals surface area (Å²) in [5.41, 5.74) is 17.1. The van der Waals surface area contributed by atoms with E-state index in [4.69, 9.17) is 10.2 Å². The Morgan fingerprint density at radius 3 is 1.77 bits per heavy atom. The van der Waals surface area contributed by atoms with E-state index < -0.39 is 0 Å². The molecule has 1 aliphatic heterocycles. The molecule has 0 atom stereocenters. The molecule has 0 fully saturated rings. The van der Waals surface area contributed by atoms with Crippen LogP contribution in [0.1, 0.15) is 40.1 Å². The van der Waals surface area contributed by atoms with Crippen molar-refractivity contribution in [3.8, 4) is 33.4 Å². The Hall–Kier alpha value is -6.06. The minimum Gasteiger partial charge on any atom is -0.216 e. The van der Waals surface area contributed by atoms with Crippen LogP contribution in [0.3, 0.4) is 0 Å². The highest BCUT2D eigenvalue weighted by Gasteiger charge is 2.31. The zero-order chi connectivity index (χ0) is 35.2. The van der Waals surface area contributed by atoms with Gasteiger partial charge >= 0.3 is 0 Å². The van der Waals surface area contributed by atoms with Gasteiger partial charge < -0.3 is 0 Å². The third-order valence-corrected chi connectivity index (χ3v) is 10.9. The zero-order valence-corrected chi connectivity index (χ0v) is 30.0. The van der Waals surface area contributed by atoms with E-state index in [9.17, 15) is 0 Å². The third-order valence-electron chi connectivity index (χ3n) is 10.9. The Morgan fingerprint density at radius 1 is 0.558 bits per heavy atom. The van der Waals surface area contributed by atoms with Gasteiger partial charge in [0.15, 0.2) is 11.4 Å². The zero-order valence-electron chi connectivity index (χ0n) is 30.0. The maximum atomic E-state index is 4.85. The summed E-state index contributed by atoms with van der Waals surface area (Å²) < 4.78 is 2.59. The van der Waals surface area contributed by atoms with Gasteiger partial charge in [0.25, 0.3) is 0 Å². The topological polar surface area (TPSA) is 28.8 Å². The van der Waals surface area contributed by atoms with Gasteiger partial charge in [0, 0.05) is 29.7 Å². The monoisotopic (exact) mass is 671 g/mol. The van der Waals surface area contributed by atoms with Crippen LogP contribution in [0.4, 0.5) is 5.69 Å². The lowest BCUT2D eigenvalue weighted by Crippen LogP contribution is -2.29. The summed E-state index contributed by atoms with van der Waals surface area (Å²) in [6.45, 7) is 7.33. The van der Waals surface area contributed by atoms with Gasteiger partial charge in [-0.15, -0.1) is 0 Å². The molecule has 0 unspecified atom stereocenters. The van der Waals surface area contributed by atoms with Gasteiger partial charge in [-0.2, -0.15) is 10.2 Å². The summed E-state index contributed by atoms with van der Waals surface area (Å²) in [6.07, 6.45) is 2.87. The molecule has 8 aromatic rings. The Kier molecular flexibility index (Phi) is 8.12. The molecule has 1 aliphatic rings. The largest absolute Gasteiger partial charge is 0.216 e. The Morgan fingerprint density at radius 2 is 1.13 bits per heavy atom. The first-order valence-corrected chi connectivity index (χ1v) is 18.4. The highest BCUT2D eigenvalue weighted by molar-refractivity contribution is 6.25. The Balaban J connectivity index is 1.34. The van der Waals surface area contributed by atoms with Crippen molar-refractivity contribution >= 4 is 32.9 Å². The van der Waals surface area contributed by atoms with E-state index >= 15 is 0 Å². The second-order valence-electron chi connectivity index (χ2n) is 14.2. The van der Waals surface area contributed by atoms with Crippen LogP contribution in [-0.4, -0.2) is 27.0 Å². The lowest BCUT2D eigenvalue weighted by molar-refractivity contribution is -0.443. The smallest absolute Gasteiger partial charge is 0.193 e. The van der Waals surface area contributed by atoms with Crippen molar-refractivity contribution in [2.45, 2.75) is 40.0 Å². The quantitative estimate of drug-likeness (QED) is 0.125. The first-order valence-electron chi connectivity index (χ1n) is 18.4. The van der Waals surface area contributed by atoms with Gasteiger partial charge in [-0.3, -0.25) is 0 Å². The van der Waals surface area contributed by atoms with Gasteiger partial charge in [0.1, 0.15) is 12.2 Å². The number of aryl methyl sites for hydroxylation is 4. The lowest BCUT2D eigenvalue weighted by atomic mass is 9.91. The number of aromatic nitrogens is 2. The summed E-state index contributed by atoms with van der Waals surface area (Å²) in [7, 11) is 0. The van der Waals surface area contributed by atoms with Crippen LogP contribution in [0, 0.1) is 20.8 Å². The SMILES string of the molecule is Cc1ccc(CCC2=[N+](c3c(C)nnc(C)c3-[c-]3c4cc(-c5ccccc5)ccc4c4ccc(-c5ccccc5)cc43)CCc3ccccc32)cc1. The first-order chi connectivity index (χ1) is 25.5. The van der Waals surface area contributed by atoms with E-state index in [1.165, 1.54) is 88.6 Å². The molecule has 0 N–H and O–H groups in total. The second kappa shape index (κ2) is 13.2. The van der Waals surface area contributed by atoms with Gasteiger partial charge in [0.2, 0.25) is 0 Å². The molecule has 0 saturated heterocycles. The molecule has 0 bridgehead atoms. The molecule has 52 heavy (non-hydrogen) atoms. The van der Waals surface area contributed by atoms with Gasteiger partial charge in [-0.25, -0.2) is 4.58 Å². The number of fused-ring (bicyclic) bond motifs is 4. The molecule has 252 valence electrons. The minimum absolute atomic E-state index is 0.889. The molecule has 3 heteroatoms. The van der Waals surface area contributed by atoms with E-state index in [2.05, 4.69) is 171 Å². The Bertz CT molecular complexity index is 2530. The highest BCUT2D eigenvalue weighted by Crippen LogP contribution is 2.48. The third kappa shape index (κ3) is 5.63. The molecule has 0 spiro atoms. The number of nitrogens with zero attached hydrogens (tertiary/aromatic N) is 3. The van der Waals surface area contributed by atoms with Crippen molar-refractivity contribution in [1.82, 2.24) is 10.2 Å².